The van der Waals surface area contributed by atoms with Crippen LogP contribution in [0.1, 0.15) is 27.3 Å². The number of nitriles is 1. The van der Waals surface area contributed by atoms with Gasteiger partial charge in [0.2, 0.25) is 0 Å². The Morgan fingerprint density at radius 2 is 1.77 bits per heavy atom. The highest BCUT2D eigenvalue weighted by molar-refractivity contribution is 5.96. The van der Waals surface area contributed by atoms with E-state index in [1.165, 1.54) is 12.1 Å². The van der Waals surface area contributed by atoms with Gasteiger partial charge in [0.25, 0.3) is 5.91 Å². The number of nitrogens with one attached hydrogen (secondary N) is 1. The molecule has 0 aliphatic rings. The minimum Gasteiger partial charge on any atom is -0.452 e. The maximum atomic E-state index is 13.2. The monoisotopic (exact) mass is 405 g/mol. The van der Waals surface area contributed by atoms with Gasteiger partial charge in [-0.3, -0.25) is 4.79 Å². The maximum absolute atomic E-state index is 13.2. The number of hydrogen-bond donors (Lipinski definition) is 1. The highest BCUT2D eigenvalue weighted by Crippen LogP contribution is 2.22. The van der Waals surface area contributed by atoms with Crippen molar-refractivity contribution in [2.75, 3.05) is 11.9 Å². The fourth-order valence-electron chi connectivity index (χ4n) is 3.16. The van der Waals surface area contributed by atoms with E-state index in [1.54, 1.807) is 49.4 Å². The van der Waals surface area contributed by atoms with Crippen molar-refractivity contribution in [2.24, 2.45) is 0 Å². The van der Waals surface area contributed by atoms with E-state index >= 15 is 0 Å². The van der Waals surface area contributed by atoms with E-state index in [0.717, 1.165) is 16.9 Å². The van der Waals surface area contributed by atoms with Crippen LogP contribution in [0.2, 0.25) is 0 Å². The van der Waals surface area contributed by atoms with Crippen LogP contribution in [0.4, 0.5) is 10.1 Å². The van der Waals surface area contributed by atoms with Crippen LogP contribution < -0.4 is 5.32 Å². The normalized spacial score (nSPS) is 10.3. The van der Waals surface area contributed by atoms with Gasteiger partial charge in [0.05, 0.1) is 18.1 Å². The van der Waals surface area contributed by atoms with Crippen molar-refractivity contribution in [3.63, 3.8) is 0 Å². The van der Waals surface area contributed by atoms with Crippen molar-refractivity contribution in [1.29, 1.82) is 5.26 Å². The van der Waals surface area contributed by atoms with Crippen LogP contribution in [0.5, 0.6) is 0 Å². The molecule has 6 nitrogen and oxygen atoms in total. The molecule has 0 radical (unpaired) electrons. The molecule has 0 saturated carbocycles. The number of benzene rings is 2. The first-order valence-electron chi connectivity index (χ1n) is 9.27. The van der Waals surface area contributed by atoms with E-state index in [4.69, 9.17) is 10.00 Å². The van der Waals surface area contributed by atoms with Gasteiger partial charge < -0.3 is 14.6 Å². The van der Waals surface area contributed by atoms with E-state index in [-0.39, 0.29) is 5.82 Å². The van der Waals surface area contributed by atoms with Crippen LogP contribution in [0.25, 0.3) is 5.69 Å². The number of carbonyl (C=O) groups is 2. The number of rotatable bonds is 6. The van der Waals surface area contributed by atoms with Gasteiger partial charge in [-0.1, -0.05) is 12.1 Å². The fourth-order valence-corrected chi connectivity index (χ4v) is 3.16. The van der Waals surface area contributed by atoms with Gasteiger partial charge in [0.15, 0.2) is 6.61 Å². The number of nitrogens with zero attached hydrogens (tertiary/aromatic N) is 2. The van der Waals surface area contributed by atoms with Gasteiger partial charge >= 0.3 is 5.97 Å². The Kier molecular flexibility index (Phi) is 6.28. The number of anilines is 1. The summed E-state index contributed by atoms with van der Waals surface area (Å²) in [6.45, 7) is 3.16. The summed E-state index contributed by atoms with van der Waals surface area (Å²) in [5, 5.41) is 11.3. The summed E-state index contributed by atoms with van der Waals surface area (Å²) < 4.78 is 20.2. The molecule has 3 rings (SSSR count). The molecule has 152 valence electrons. The average Bonchev–Trinajstić information content (AvgIpc) is 3.03. The zero-order valence-corrected chi connectivity index (χ0v) is 16.6. The summed E-state index contributed by atoms with van der Waals surface area (Å²) in [6.07, 6.45) is 0.294. The van der Waals surface area contributed by atoms with Crippen molar-refractivity contribution >= 4 is 17.6 Å². The third kappa shape index (κ3) is 4.73. The van der Waals surface area contributed by atoms with Crippen molar-refractivity contribution in [3.05, 3.63) is 82.9 Å². The second kappa shape index (κ2) is 9.05. The number of carbonyl (C=O) groups excluding carboxylic acids is 2. The summed E-state index contributed by atoms with van der Waals surface area (Å²) in [4.78, 5) is 24.6. The van der Waals surface area contributed by atoms with Crippen LogP contribution in [0.15, 0.2) is 54.6 Å². The first-order chi connectivity index (χ1) is 14.4. The largest absolute Gasteiger partial charge is 0.452 e. The smallest absolute Gasteiger partial charge is 0.340 e. The summed E-state index contributed by atoms with van der Waals surface area (Å²) in [6, 6.07) is 16.5. The first-order valence-corrected chi connectivity index (χ1v) is 9.27. The van der Waals surface area contributed by atoms with Crippen molar-refractivity contribution < 1.29 is 18.7 Å². The third-order valence-electron chi connectivity index (χ3n) is 4.59. The molecule has 3 aromatic rings. The Balaban J connectivity index is 1.63. The maximum Gasteiger partial charge on any atom is 0.340 e. The van der Waals surface area contributed by atoms with Crippen LogP contribution in [-0.4, -0.2) is 23.1 Å². The quantitative estimate of drug-likeness (QED) is 0.626. The molecule has 1 N–H and O–H groups in total. The van der Waals surface area contributed by atoms with Crippen molar-refractivity contribution in [2.45, 2.75) is 20.3 Å². The molecular weight excluding hydrogens is 385 g/mol. The van der Waals surface area contributed by atoms with Gasteiger partial charge in [-0.2, -0.15) is 5.26 Å². The topological polar surface area (TPSA) is 84.1 Å². The summed E-state index contributed by atoms with van der Waals surface area (Å²) in [7, 11) is 0. The van der Waals surface area contributed by atoms with E-state index in [2.05, 4.69) is 11.4 Å². The number of aryl methyl sites for hydroxylation is 1. The lowest BCUT2D eigenvalue weighted by atomic mass is 10.1. The molecule has 0 saturated heterocycles. The molecule has 7 heteroatoms. The highest BCUT2D eigenvalue weighted by Gasteiger charge is 2.19. The lowest BCUT2D eigenvalue weighted by molar-refractivity contribution is -0.119. The Labute approximate surface area is 173 Å². The molecule has 0 fully saturated rings. The molecule has 0 atom stereocenters. The minimum atomic E-state index is -0.615. The zero-order chi connectivity index (χ0) is 21.7. The summed E-state index contributed by atoms with van der Waals surface area (Å²) in [5.41, 5.74) is 3.88. The summed E-state index contributed by atoms with van der Waals surface area (Å²) >= 11 is 0. The summed E-state index contributed by atoms with van der Waals surface area (Å²) in [5.74, 6) is -1.42. The third-order valence-corrected chi connectivity index (χ3v) is 4.59. The molecule has 2 aromatic carbocycles. The molecule has 30 heavy (non-hydrogen) atoms. The molecule has 1 heterocycles. The fraction of sp³-hybridized carbons (Fsp3) is 0.174. The standard InChI is InChI=1S/C23H20FN3O3/c1-15-13-21(16(2)27(15)20-9-5-18(24)6-10-20)23(29)30-14-22(28)26-19-7-3-17(4-8-19)11-12-25/h3-10,13H,11,14H2,1-2H3,(H,26,28). The van der Waals surface area contributed by atoms with Crippen LogP contribution in [-0.2, 0) is 16.0 Å². The Bertz CT molecular complexity index is 1110. The van der Waals surface area contributed by atoms with Gasteiger partial charge in [0.1, 0.15) is 5.82 Å². The zero-order valence-electron chi connectivity index (χ0n) is 16.6. The highest BCUT2D eigenvalue weighted by atomic mass is 19.1. The van der Waals surface area contributed by atoms with Gasteiger partial charge in [0, 0.05) is 22.8 Å². The molecule has 0 bridgehead atoms. The Hall–Kier alpha value is -3.92. The SMILES string of the molecule is Cc1cc(C(=O)OCC(=O)Nc2ccc(CC#N)cc2)c(C)n1-c1ccc(F)cc1. The molecule has 1 amide bonds. The molecule has 0 unspecified atom stereocenters. The molecule has 0 aliphatic heterocycles. The van der Waals surface area contributed by atoms with E-state index in [0.29, 0.717) is 23.4 Å². The van der Waals surface area contributed by atoms with E-state index < -0.39 is 18.5 Å². The molecule has 0 aliphatic carbocycles. The lowest BCUT2D eigenvalue weighted by Crippen LogP contribution is -2.21. The van der Waals surface area contributed by atoms with Crippen molar-refractivity contribution in [3.8, 4) is 11.8 Å². The number of hydrogen-bond acceptors (Lipinski definition) is 4. The van der Waals surface area contributed by atoms with Crippen LogP contribution in [0, 0.1) is 31.0 Å². The van der Waals surface area contributed by atoms with Crippen molar-refractivity contribution in [1.82, 2.24) is 4.57 Å². The molecule has 0 spiro atoms. The Morgan fingerprint density at radius 1 is 1.10 bits per heavy atom. The van der Waals surface area contributed by atoms with Gasteiger partial charge in [-0.05, 0) is 61.9 Å². The Morgan fingerprint density at radius 3 is 2.40 bits per heavy atom. The van der Waals surface area contributed by atoms with Crippen LogP contribution >= 0.6 is 0 Å². The minimum absolute atomic E-state index is 0.294. The number of esters is 1. The predicted octanol–water partition coefficient (Wildman–Crippen LogP) is 4.09. The number of ether oxygens (including phenoxy) is 1. The van der Waals surface area contributed by atoms with E-state index in [1.807, 2.05) is 11.5 Å². The number of amides is 1. The van der Waals surface area contributed by atoms with Gasteiger partial charge in [-0.15, -0.1) is 0 Å². The second-order valence-electron chi connectivity index (χ2n) is 6.75. The lowest BCUT2D eigenvalue weighted by Gasteiger charge is -2.10. The number of halogens is 1. The van der Waals surface area contributed by atoms with Gasteiger partial charge in [-0.25, -0.2) is 9.18 Å². The predicted molar refractivity (Wildman–Crippen MR) is 110 cm³/mol. The van der Waals surface area contributed by atoms with Crippen LogP contribution in [0.3, 0.4) is 0 Å². The average molecular weight is 405 g/mol. The first kappa shape index (κ1) is 20.8. The molecular formula is C23H20FN3O3. The van der Waals surface area contributed by atoms with E-state index in [9.17, 15) is 14.0 Å². The molecule has 1 aromatic heterocycles. The second-order valence-corrected chi connectivity index (χ2v) is 6.75. The number of aromatic nitrogens is 1.